The van der Waals surface area contributed by atoms with E-state index < -0.39 is 0 Å². The number of rotatable bonds is 4. The Labute approximate surface area is 127 Å². The average Bonchev–Trinajstić information content (AvgIpc) is 3.26. The van der Waals surface area contributed by atoms with Gasteiger partial charge in [0.25, 0.3) is 0 Å². The Morgan fingerprint density at radius 2 is 1.85 bits per heavy atom. The lowest BCUT2D eigenvalue weighted by Crippen LogP contribution is -2.13. The van der Waals surface area contributed by atoms with Crippen LogP contribution >= 0.6 is 15.9 Å². The topological polar surface area (TPSA) is 12.0 Å². The predicted molar refractivity (Wildman–Crippen MR) is 84.4 cm³/mol. The summed E-state index contributed by atoms with van der Waals surface area (Å²) in [6, 6.07) is 13.3. The van der Waals surface area contributed by atoms with Gasteiger partial charge in [-0.15, -0.1) is 0 Å². The zero-order valence-corrected chi connectivity index (χ0v) is 13.0. The van der Waals surface area contributed by atoms with Crippen LogP contribution in [0.5, 0.6) is 0 Å². The predicted octanol–water partition coefficient (Wildman–Crippen LogP) is 5.46. The van der Waals surface area contributed by atoms with E-state index in [9.17, 15) is 4.39 Å². The van der Waals surface area contributed by atoms with Gasteiger partial charge in [-0.3, -0.25) is 0 Å². The monoisotopic (exact) mass is 333 g/mol. The van der Waals surface area contributed by atoms with Crippen molar-refractivity contribution in [2.24, 2.45) is 5.92 Å². The molecule has 0 aromatic heterocycles. The summed E-state index contributed by atoms with van der Waals surface area (Å²) in [6.07, 6.45) is 2.48. The highest BCUT2D eigenvalue weighted by molar-refractivity contribution is 9.10. The van der Waals surface area contributed by atoms with Crippen LogP contribution in [0.1, 0.15) is 30.0 Å². The highest BCUT2D eigenvalue weighted by atomic mass is 79.9. The first-order valence-corrected chi connectivity index (χ1v) is 7.71. The van der Waals surface area contributed by atoms with Gasteiger partial charge in [0.15, 0.2) is 0 Å². The molecule has 3 rings (SSSR count). The minimum atomic E-state index is -0.179. The summed E-state index contributed by atoms with van der Waals surface area (Å²) < 4.78 is 14.2. The molecule has 2 aromatic rings. The van der Waals surface area contributed by atoms with Crippen LogP contribution in [-0.4, -0.2) is 0 Å². The number of halogens is 2. The van der Waals surface area contributed by atoms with Crippen molar-refractivity contribution in [3.05, 3.63) is 63.9 Å². The van der Waals surface area contributed by atoms with Crippen molar-refractivity contribution < 1.29 is 4.39 Å². The minimum absolute atomic E-state index is 0.179. The molecular formula is C17H17BrFN. The molecule has 1 aliphatic carbocycles. The van der Waals surface area contributed by atoms with Crippen LogP contribution in [0.15, 0.2) is 46.9 Å². The van der Waals surface area contributed by atoms with Gasteiger partial charge in [0.1, 0.15) is 5.82 Å². The van der Waals surface area contributed by atoms with Crippen molar-refractivity contribution in [3.8, 4) is 0 Å². The molecule has 0 bridgehead atoms. The van der Waals surface area contributed by atoms with E-state index in [0.29, 0.717) is 5.92 Å². The maximum absolute atomic E-state index is 13.1. The maximum Gasteiger partial charge on any atom is 0.123 e. The van der Waals surface area contributed by atoms with Crippen LogP contribution in [0.3, 0.4) is 0 Å². The molecule has 1 fully saturated rings. The summed E-state index contributed by atoms with van der Waals surface area (Å²) in [5, 5.41) is 3.63. The Kier molecular flexibility index (Phi) is 3.79. The summed E-state index contributed by atoms with van der Waals surface area (Å²) in [7, 11) is 0. The highest BCUT2D eigenvalue weighted by Crippen LogP contribution is 2.43. The lowest BCUT2D eigenvalue weighted by Gasteiger charge is -2.22. The molecule has 3 heteroatoms. The van der Waals surface area contributed by atoms with Crippen LogP contribution in [0.4, 0.5) is 10.1 Å². The van der Waals surface area contributed by atoms with Crippen LogP contribution in [0, 0.1) is 18.7 Å². The van der Waals surface area contributed by atoms with Crippen molar-refractivity contribution in [2.45, 2.75) is 25.8 Å². The summed E-state index contributed by atoms with van der Waals surface area (Å²) in [5.41, 5.74) is 3.51. The Morgan fingerprint density at radius 1 is 1.15 bits per heavy atom. The third kappa shape index (κ3) is 2.88. The van der Waals surface area contributed by atoms with E-state index in [4.69, 9.17) is 0 Å². The van der Waals surface area contributed by atoms with Gasteiger partial charge in [-0.05, 0) is 61.1 Å². The molecule has 1 aliphatic rings. The quantitative estimate of drug-likeness (QED) is 0.783. The standard InChI is InChI=1S/C17H17BrFN/c1-11-15(18)3-2-4-16(11)20-17(12-5-6-12)13-7-9-14(19)10-8-13/h2-4,7-10,12,17,20H,5-6H2,1H3. The summed E-state index contributed by atoms with van der Waals surface area (Å²) in [6.45, 7) is 2.10. The first-order chi connectivity index (χ1) is 9.65. The van der Waals surface area contributed by atoms with Gasteiger partial charge in [0, 0.05) is 10.2 Å². The zero-order valence-electron chi connectivity index (χ0n) is 11.4. The van der Waals surface area contributed by atoms with Gasteiger partial charge in [0.2, 0.25) is 0 Å². The number of anilines is 1. The van der Waals surface area contributed by atoms with E-state index in [2.05, 4.69) is 34.2 Å². The van der Waals surface area contributed by atoms with Crippen molar-refractivity contribution in [1.82, 2.24) is 0 Å². The lowest BCUT2D eigenvalue weighted by molar-refractivity contribution is 0.622. The third-order valence-corrected chi connectivity index (χ3v) is 4.76. The van der Waals surface area contributed by atoms with E-state index in [1.165, 1.54) is 18.4 Å². The van der Waals surface area contributed by atoms with Gasteiger partial charge in [0.05, 0.1) is 6.04 Å². The Hall–Kier alpha value is -1.35. The summed E-state index contributed by atoms with van der Waals surface area (Å²) >= 11 is 3.56. The largest absolute Gasteiger partial charge is 0.378 e. The fourth-order valence-corrected chi connectivity index (χ4v) is 2.87. The lowest BCUT2D eigenvalue weighted by atomic mass is 10.0. The molecule has 1 nitrogen and oxygen atoms in total. The first-order valence-electron chi connectivity index (χ1n) is 6.92. The summed E-state index contributed by atoms with van der Waals surface area (Å²) in [5.74, 6) is 0.473. The van der Waals surface area contributed by atoms with Gasteiger partial charge in [-0.25, -0.2) is 4.39 Å². The highest BCUT2D eigenvalue weighted by Gasteiger charge is 2.32. The van der Waals surface area contributed by atoms with Crippen molar-refractivity contribution >= 4 is 21.6 Å². The van der Waals surface area contributed by atoms with E-state index in [0.717, 1.165) is 15.7 Å². The maximum atomic E-state index is 13.1. The molecule has 0 heterocycles. The molecular weight excluding hydrogens is 317 g/mol. The molecule has 1 N–H and O–H groups in total. The van der Waals surface area contributed by atoms with Gasteiger partial charge in [-0.1, -0.05) is 34.1 Å². The molecule has 0 radical (unpaired) electrons. The molecule has 2 aromatic carbocycles. The molecule has 0 spiro atoms. The van der Waals surface area contributed by atoms with E-state index in [-0.39, 0.29) is 11.9 Å². The average molecular weight is 334 g/mol. The fraction of sp³-hybridized carbons (Fsp3) is 0.294. The van der Waals surface area contributed by atoms with Crippen LogP contribution in [-0.2, 0) is 0 Å². The SMILES string of the molecule is Cc1c(Br)cccc1NC(c1ccc(F)cc1)C1CC1. The summed E-state index contributed by atoms with van der Waals surface area (Å²) in [4.78, 5) is 0. The third-order valence-electron chi connectivity index (χ3n) is 3.90. The van der Waals surface area contributed by atoms with Crippen molar-refractivity contribution in [2.75, 3.05) is 5.32 Å². The van der Waals surface area contributed by atoms with Gasteiger partial charge < -0.3 is 5.32 Å². The molecule has 0 amide bonds. The molecule has 0 aliphatic heterocycles. The number of nitrogens with one attached hydrogen (secondary N) is 1. The van der Waals surface area contributed by atoms with Crippen LogP contribution in [0.25, 0.3) is 0 Å². The Morgan fingerprint density at radius 3 is 2.50 bits per heavy atom. The minimum Gasteiger partial charge on any atom is -0.378 e. The van der Waals surface area contributed by atoms with E-state index in [1.807, 2.05) is 24.3 Å². The second-order valence-corrected chi connectivity index (χ2v) is 6.28. The molecule has 104 valence electrons. The Bertz CT molecular complexity index is 605. The second kappa shape index (κ2) is 5.57. The van der Waals surface area contributed by atoms with E-state index in [1.54, 1.807) is 12.1 Å². The fourth-order valence-electron chi connectivity index (χ4n) is 2.50. The van der Waals surface area contributed by atoms with Gasteiger partial charge >= 0.3 is 0 Å². The van der Waals surface area contributed by atoms with Crippen molar-refractivity contribution in [1.29, 1.82) is 0 Å². The van der Waals surface area contributed by atoms with Gasteiger partial charge in [-0.2, -0.15) is 0 Å². The Balaban J connectivity index is 1.88. The first kappa shape index (κ1) is 13.6. The smallest absolute Gasteiger partial charge is 0.123 e. The van der Waals surface area contributed by atoms with E-state index >= 15 is 0 Å². The zero-order chi connectivity index (χ0) is 14.1. The molecule has 1 saturated carbocycles. The van der Waals surface area contributed by atoms with Crippen LogP contribution < -0.4 is 5.32 Å². The second-order valence-electron chi connectivity index (χ2n) is 5.42. The molecule has 1 atom stereocenters. The van der Waals surface area contributed by atoms with Crippen LogP contribution in [0.2, 0.25) is 0 Å². The number of hydrogen-bond donors (Lipinski definition) is 1. The number of benzene rings is 2. The number of hydrogen-bond acceptors (Lipinski definition) is 1. The normalized spacial score (nSPS) is 15.9. The molecule has 1 unspecified atom stereocenters. The van der Waals surface area contributed by atoms with Crippen molar-refractivity contribution in [3.63, 3.8) is 0 Å². The molecule has 0 saturated heterocycles. The molecule has 20 heavy (non-hydrogen) atoms.